The van der Waals surface area contributed by atoms with Crippen LogP contribution in [0.3, 0.4) is 0 Å². The second-order valence-corrected chi connectivity index (χ2v) is 10.7. The van der Waals surface area contributed by atoms with Gasteiger partial charge in [0.15, 0.2) is 0 Å². The first kappa shape index (κ1) is 13.4. The third kappa shape index (κ3) is 2.94. The fourth-order valence-corrected chi connectivity index (χ4v) is 6.32. The summed E-state index contributed by atoms with van der Waals surface area (Å²) in [5.74, 6) is 0. The van der Waals surface area contributed by atoms with E-state index in [4.69, 9.17) is 0 Å². The molecule has 7 heteroatoms. The Morgan fingerprint density at radius 2 is 2.00 bits per heavy atom. The van der Waals surface area contributed by atoms with Crippen LogP contribution in [-0.4, -0.2) is 31.1 Å². The number of nitro groups is 1. The van der Waals surface area contributed by atoms with E-state index in [1.54, 1.807) is 0 Å². The van der Waals surface area contributed by atoms with Gasteiger partial charge in [0.1, 0.15) is 0 Å². The van der Waals surface area contributed by atoms with Crippen LogP contribution in [0.25, 0.3) is 0 Å². The van der Waals surface area contributed by atoms with Crippen molar-refractivity contribution in [2.45, 2.75) is 11.4 Å². The van der Waals surface area contributed by atoms with Gasteiger partial charge in [0, 0.05) is 0 Å². The van der Waals surface area contributed by atoms with Gasteiger partial charge in [0.05, 0.1) is 0 Å². The standard InChI is InChI=1S/C9H13AsNO4P/c1-10(2)8-6-7(11(12)13)4-5-9(8)16(3,14)15/h4-6H,1-3H3,(H,14,15). The molecule has 1 unspecified atom stereocenters. The minimum absolute atomic E-state index is 0.0183. The zero-order valence-corrected chi connectivity index (χ0v) is 12.0. The summed E-state index contributed by atoms with van der Waals surface area (Å²) in [5, 5.41) is 11.0. The van der Waals surface area contributed by atoms with Crippen LogP contribution >= 0.6 is 7.37 Å². The van der Waals surface area contributed by atoms with E-state index in [2.05, 4.69) is 0 Å². The van der Waals surface area contributed by atoms with Crippen LogP contribution in [0.5, 0.6) is 0 Å². The van der Waals surface area contributed by atoms with E-state index in [-0.39, 0.29) is 5.69 Å². The molecular weight excluding hydrogens is 292 g/mol. The summed E-state index contributed by atoms with van der Waals surface area (Å²) in [5.41, 5.74) is 3.94. The quantitative estimate of drug-likeness (QED) is 0.392. The van der Waals surface area contributed by atoms with Gasteiger partial charge in [-0.15, -0.1) is 0 Å². The molecule has 1 aromatic rings. The number of hydrogen-bond donors (Lipinski definition) is 1. The van der Waals surface area contributed by atoms with Crippen molar-refractivity contribution >= 4 is 37.4 Å². The van der Waals surface area contributed by atoms with Gasteiger partial charge in [0.2, 0.25) is 0 Å². The molecule has 0 aliphatic carbocycles. The van der Waals surface area contributed by atoms with Crippen molar-refractivity contribution in [1.29, 1.82) is 0 Å². The Labute approximate surface area is 98.4 Å². The second kappa shape index (κ2) is 4.70. The van der Waals surface area contributed by atoms with Crippen molar-refractivity contribution in [3.63, 3.8) is 0 Å². The molecule has 0 fully saturated rings. The molecule has 16 heavy (non-hydrogen) atoms. The predicted octanol–water partition coefficient (Wildman–Crippen LogP) is 1.08. The average molecular weight is 305 g/mol. The first-order valence-electron chi connectivity index (χ1n) is 4.50. The normalized spacial score (nSPS) is 14.8. The van der Waals surface area contributed by atoms with Gasteiger partial charge in [-0.05, 0) is 0 Å². The fourth-order valence-electron chi connectivity index (χ4n) is 1.33. The molecule has 1 rings (SSSR count). The number of nitro benzene ring substituents is 1. The fraction of sp³-hybridized carbons (Fsp3) is 0.333. The molecule has 1 atom stereocenters. The van der Waals surface area contributed by atoms with Gasteiger partial charge in [-0.1, -0.05) is 0 Å². The molecule has 0 heterocycles. The van der Waals surface area contributed by atoms with Gasteiger partial charge in [-0.25, -0.2) is 0 Å². The molecule has 1 aromatic carbocycles. The number of non-ortho nitro benzene ring substituents is 1. The van der Waals surface area contributed by atoms with Crippen LogP contribution in [0.4, 0.5) is 5.69 Å². The van der Waals surface area contributed by atoms with Crippen molar-refractivity contribution < 1.29 is 14.4 Å². The second-order valence-electron chi connectivity index (χ2n) is 3.70. The van der Waals surface area contributed by atoms with Crippen molar-refractivity contribution in [3.8, 4) is 0 Å². The Balaban J connectivity index is 3.43. The molecule has 0 radical (unpaired) electrons. The molecule has 88 valence electrons. The van der Waals surface area contributed by atoms with Gasteiger partial charge in [-0.3, -0.25) is 0 Å². The van der Waals surface area contributed by atoms with E-state index < -0.39 is 26.9 Å². The maximum atomic E-state index is 11.6. The molecule has 0 spiro atoms. The number of hydrogen-bond acceptors (Lipinski definition) is 3. The zero-order chi connectivity index (χ0) is 12.5. The Hall–Kier alpha value is -0.632. The topological polar surface area (TPSA) is 80.4 Å². The summed E-state index contributed by atoms with van der Waals surface area (Å²) >= 11 is -1.44. The monoisotopic (exact) mass is 305 g/mol. The Morgan fingerprint density at radius 1 is 1.44 bits per heavy atom. The summed E-state index contributed by atoms with van der Waals surface area (Å²) in [6.45, 7) is 1.26. The first-order valence-corrected chi connectivity index (χ1v) is 11.3. The molecule has 0 saturated carbocycles. The molecule has 0 aromatic heterocycles. The molecule has 0 bridgehead atoms. The van der Waals surface area contributed by atoms with E-state index in [1.165, 1.54) is 24.9 Å². The summed E-state index contributed by atoms with van der Waals surface area (Å²) in [6.07, 6.45) is 0. The van der Waals surface area contributed by atoms with E-state index in [0.717, 1.165) is 0 Å². The van der Waals surface area contributed by atoms with E-state index in [9.17, 15) is 19.6 Å². The molecule has 0 amide bonds. The SMILES string of the molecule is C[As](C)c1cc([N+](=O)[O-])ccc1P(C)(=O)O. The summed E-state index contributed by atoms with van der Waals surface area (Å²) in [7, 11) is -3.35. The van der Waals surface area contributed by atoms with Crippen LogP contribution < -0.4 is 9.66 Å². The van der Waals surface area contributed by atoms with Crippen molar-refractivity contribution in [3.05, 3.63) is 28.3 Å². The van der Waals surface area contributed by atoms with Crippen LogP contribution in [-0.2, 0) is 4.57 Å². The van der Waals surface area contributed by atoms with Gasteiger partial charge >= 0.3 is 98.1 Å². The van der Waals surface area contributed by atoms with Crippen molar-refractivity contribution in [1.82, 2.24) is 0 Å². The van der Waals surface area contributed by atoms with Crippen LogP contribution in [0.15, 0.2) is 18.2 Å². The molecule has 1 N–H and O–H groups in total. The molecule has 0 aliphatic heterocycles. The summed E-state index contributed by atoms with van der Waals surface area (Å²) < 4.78 is 12.3. The zero-order valence-electron chi connectivity index (χ0n) is 9.25. The Kier molecular flexibility index (Phi) is 3.95. The minimum atomic E-state index is -3.35. The Bertz CT molecular complexity index is 469. The van der Waals surface area contributed by atoms with Crippen LogP contribution in [0, 0.1) is 10.1 Å². The molecule has 5 nitrogen and oxygen atoms in total. The van der Waals surface area contributed by atoms with Gasteiger partial charge < -0.3 is 0 Å². The van der Waals surface area contributed by atoms with Crippen LogP contribution in [0.2, 0.25) is 11.4 Å². The summed E-state index contributed by atoms with van der Waals surface area (Å²) in [6, 6.07) is 4.12. The molecular formula is C9H13AsNO4P. The maximum absolute atomic E-state index is 11.6. The third-order valence-electron chi connectivity index (χ3n) is 2.10. The first-order chi connectivity index (χ1) is 7.23. The van der Waals surface area contributed by atoms with E-state index >= 15 is 0 Å². The predicted molar refractivity (Wildman–Crippen MR) is 65.6 cm³/mol. The van der Waals surface area contributed by atoms with E-state index in [0.29, 0.717) is 9.66 Å². The van der Waals surface area contributed by atoms with Gasteiger partial charge in [0.25, 0.3) is 0 Å². The van der Waals surface area contributed by atoms with Gasteiger partial charge in [-0.2, -0.15) is 0 Å². The van der Waals surface area contributed by atoms with E-state index in [1.807, 2.05) is 11.4 Å². The summed E-state index contributed by atoms with van der Waals surface area (Å²) in [4.78, 5) is 19.7. The van der Waals surface area contributed by atoms with Crippen molar-refractivity contribution in [2.75, 3.05) is 6.66 Å². The average Bonchev–Trinajstić information content (AvgIpc) is 2.15. The Morgan fingerprint density at radius 3 is 2.38 bits per heavy atom. The van der Waals surface area contributed by atoms with Crippen molar-refractivity contribution in [2.24, 2.45) is 0 Å². The number of rotatable bonds is 3. The number of nitrogens with zero attached hydrogens (tertiary/aromatic N) is 1. The molecule has 0 saturated heterocycles. The number of benzene rings is 1. The third-order valence-corrected chi connectivity index (χ3v) is 6.56. The molecule has 0 aliphatic rings. The van der Waals surface area contributed by atoms with Crippen LogP contribution in [0.1, 0.15) is 0 Å².